The van der Waals surface area contributed by atoms with Gasteiger partial charge in [-0.15, -0.1) is 0 Å². The van der Waals surface area contributed by atoms with E-state index in [1.165, 1.54) is 0 Å². The van der Waals surface area contributed by atoms with E-state index in [1.807, 2.05) is 0 Å². The molecular formula is C6H9Br2NO2. The van der Waals surface area contributed by atoms with Gasteiger partial charge in [0, 0.05) is 15.7 Å². The van der Waals surface area contributed by atoms with Gasteiger partial charge < -0.3 is 10.8 Å². The number of hydrogen-bond acceptors (Lipinski definition) is 2. The van der Waals surface area contributed by atoms with Gasteiger partial charge in [0.25, 0.3) is 0 Å². The number of rotatable bonds is 1. The molecule has 0 radical (unpaired) electrons. The van der Waals surface area contributed by atoms with Gasteiger partial charge in [0.1, 0.15) is 0 Å². The van der Waals surface area contributed by atoms with Crippen molar-refractivity contribution in [3.05, 3.63) is 0 Å². The molecule has 0 aliphatic heterocycles. The quantitative estimate of drug-likeness (QED) is 0.706. The van der Waals surface area contributed by atoms with Crippen molar-refractivity contribution in [1.82, 2.24) is 0 Å². The van der Waals surface area contributed by atoms with Gasteiger partial charge in [0.15, 0.2) is 0 Å². The number of carboxylic acid groups (broad SMARTS) is 1. The van der Waals surface area contributed by atoms with E-state index in [1.54, 1.807) is 0 Å². The smallest absolute Gasteiger partial charge is 0.307 e. The van der Waals surface area contributed by atoms with E-state index in [2.05, 4.69) is 31.9 Å². The maximum absolute atomic E-state index is 10.6. The van der Waals surface area contributed by atoms with Crippen molar-refractivity contribution in [2.45, 2.75) is 22.1 Å². The molecule has 0 bridgehead atoms. The van der Waals surface area contributed by atoms with Crippen molar-refractivity contribution in [1.29, 1.82) is 0 Å². The fourth-order valence-electron chi connectivity index (χ4n) is 1.23. The third-order valence-corrected chi connectivity index (χ3v) is 4.20. The monoisotopic (exact) mass is 285 g/mol. The predicted octanol–water partition coefficient (Wildman–Crippen LogP) is 0.945. The fourth-order valence-corrected chi connectivity index (χ4v) is 3.19. The van der Waals surface area contributed by atoms with Crippen LogP contribution in [0.15, 0.2) is 0 Å². The second-order valence-electron chi connectivity index (χ2n) is 2.72. The van der Waals surface area contributed by atoms with Gasteiger partial charge in [-0.1, -0.05) is 31.9 Å². The Labute approximate surface area is 81.6 Å². The molecule has 0 aromatic rings. The van der Waals surface area contributed by atoms with Crippen LogP contribution in [0.3, 0.4) is 0 Å². The molecule has 5 heteroatoms. The van der Waals surface area contributed by atoms with Crippen LogP contribution in [-0.4, -0.2) is 26.8 Å². The number of nitrogens with two attached hydrogens (primary N) is 1. The molecule has 0 aromatic carbocycles. The highest BCUT2D eigenvalue weighted by Gasteiger charge is 2.42. The Morgan fingerprint density at radius 3 is 2.27 bits per heavy atom. The Morgan fingerprint density at radius 2 is 2.09 bits per heavy atom. The number of alkyl halides is 2. The van der Waals surface area contributed by atoms with Crippen LogP contribution in [-0.2, 0) is 4.79 Å². The summed E-state index contributed by atoms with van der Waals surface area (Å²) in [5, 5.41) is 8.71. The first kappa shape index (κ1) is 9.48. The summed E-state index contributed by atoms with van der Waals surface area (Å²) in [5.41, 5.74) is 5.69. The second-order valence-corrected chi connectivity index (χ2v) is 4.95. The molecule has 11 heavy (non-hydrogen) atoms. The molecule has 3 nitrogen and oxygen atoms in total. The SMILES string of the molecule is N[C@H]1[C@H](Br)[C@@H](C(=O)O)C[C@@H]1Br. The highest BCUT2D eigenvalue weighted by molar-refractivity contribution is 9.10. The molecule has 1 rings (SSSR count). The largest absolute Gasteiger partial charge is 0.481 e. The fraction of sp³-hybridized carbons (Fsp3) is 0.833. The standard InChI is InChI=1S/C6H9Br2NO2/c7-3-1-2(6(10)11)4(8)5(3)9/h2-5H,1,9H2,(H,10,11)/t2-,3-,4+,5+/m0/s1. The van der Waals surface area contributed by atoms with Gasteiger partial charge in [-0.25, -0.2) is 0 Å². The first-order valence-corrected chi connectivity index (χ1v) is 5.13. The van der Waals surface area contributed by atoms with Crippen LogP contribution in [0.25, 0.3) is 0 Å². The van der Waals surface area contributed by atoms with Crippen LogP contribution in [0, 0.1) is 5.92 Å². The molecule has 0 unspecified atom stereocenters. The van der Waals surface area contributed by atoms with Gasteiger partial charge in [0.2, 0.25) is 0 Å². The van der Waals surface area contributed by atoms with Crippen molar-refractivity contribution in [3.63, 3.8) is 0 Å². The van der Waals surface area contributed by atoms with E-state index in [0.717, 1.165) is 0 Å². The molecule has 64 valence electrons. The summed E-state index contributed by atoms with van der Waals surface area (Å²) in [7, 11) is 0. The summed E-state index contributed by atoms with van der Waals surface area (Å²) in [6, 6.07) is -0.101. The number of carbonyl (C=O) groups is 1. The van der Waals surface area contributed by atoms with E-state index in [-0.39, 0.29) is 21.6 Å². The zero-order chi connectivity index (χ0) is 8.59. The van der Waals surface area contributed by atoms with Crippen LogP contribution >= 0.6 is 31.9 Å². The van der Waals surface area contributed by atoms with Crippen LogP contribution in [0.1, 0.15) is 6.42 Å². The molecule has 4 atom stereocenters. The third-order valence-electron chi connectivity index (χ3n) is 1.97. The minimum absolute atomic E-state index is 0.101. The average Bonchev–Trinajstić information content (AvgIpc) is 2.17. The topological polar surface area (TPSA) is 63.3 Å². The lowest BCUT2D eigenvalue weighted by Gasteiger charge is -2.12. The normalized spacial score (nSPS) is 44.3. The minimum Gasteiger partial charge on any atom is -0.481 e. The van der Waals surface area contributed by atoms with Crippen LogP contribution in [0.4, 0.5) is 0 Å². The summed E-state index contributed by atoms with van der Waals surface area (Å²) in [5.74, 6) is -1.13. The van der Waals surface area contributed by atoms with Crippen molar-refractivity contribution in [2.24, 2.45) is 11.7 Å². The van der Waals surface area contributed by atoms with Crippen molar-refractivity contribution < 1.29 is 9.90 Å². The van der Waals surface area contributed by atoms with Crippen LogP contribution in [0.2, 0.25) is 0 Å². The summed E-state index contributed by atoms with van der Waals surface area (Å²) in [6.45, 7) is 0. The number of hydrogen-bond donors (Lipinski definition) is 2. The van der Waals surface area contributed by atoms with Gasteiger partial charge in [-0.05, 0) is 6.42 Å². The van der Waals surface area contributed by atoms with Crippen LogP contribution < -0.4 is 5.73 Å². The summed E-state index contributed by atoms with van der Waals surface area (Å²) < 4.78 is 0. The van der Waals surface area contributed by atoms with Gasteiger partial charge in [-0.3, -0.25) is 4.79 Å². The molecule has 0 amide bonds. The highest BCUT2D eigenvalue weighted by Crippen LogP contribution is 2.35. The molecule has 1 saturated carbocycles. The van der Waals surface area contributed by atoms with Gasteiger partial charge in [0.05, 0.1) is 5.92 Å². The second kappa shape index (κ2) is 3.41. The minimum atomic E-state index is -0.774. The Balaban J connectivity index is 2.67. The zero-order valence-electron chi connectivity index (χ0n) is 5.71. The van der Waals surface area contributed by atoms with Crippen LogP contribution in [0.5, 0.6) is 0 Å². The Morgan fingerprint density at radius 1 is 1.55 bits per heavy atom. The van der Waals surface area contributed by atoms with Crippen molar-refractivity contribution in [2.75, 3.05) is 0 Å². The van der Waals surface area contributed by atoms with Gasteiger partial charge in [-0.2, -0.15) is 0 Å². The van der Waals surface area contributed by atoms with E-state index >= 15 is 0 Å². The lowest BCUT2D eigenvalue weighted by molar-refractivity contribution is -0.141. The number of halogens is 2. The Bertz CT molecular complexity index is 176. The first-order valence-electron chi connectivity index (χ1n) is 3.30. The molecule has 0 spiro atoms. The average molecular weight is 287 g/mol. The highest BCUT2D eigenvalue weighted by atomic mass is 79.9. The molecule has 1 aliphatic rings. The molecular weight excluding hydrogens is 278 g/mol. The van der Waals surface area contributed by atoms with E-state index < -0.39 is 5.97 Å². The Hall–Kier alpha value is 0.390. The molecule has 0 heterocycles. The molecule has 1 fully saturated rings. The third kappa shape index (κ3) is 1.76. The summed E-state index contributed by atoms with van der Waals surface area (Å²) >= 11 is 6.61. The number of aliphatic carboxylic acids is 1. The lowest BCUT2D eigenvalue weighted by Crippen LogP contribution is -2.34. The molecule has 1 aliphatic carbocycles. The van der Waals surface area contributed by atoms with Gasteiger partial charge >= 0.3 is 5.97 Å². The molecule has 3 N–H and O–H groups in total. The maximum atomic E-state index is 10.6. The predicted molar refractivity (Wildman–Crippen MR) is 49.1 cm³/mol. The maximum Gasteiger partial charge on any atom is 0.307 e. The lowest BCUT2D eigenvalue weighted by atomic mass is 10.1. The van der Waals surface area contributed by atoms with E-state index in [9.17, 15) is 4.79 Å². The van der Waals surface area contributed by atoms with Crippen molar-refractivity contribution >= 4 is 37.8 Å². The zero-order valence-corrected chi connectivity index (χ0v) is 8.88. The van der Waals surface area contributed by atoms with Crippen molar-refractivity contribution in [3.8, 4) is 0 Å². The van der Waals surface area contributed by atoms with E-state index in [4.69, 9.17) is 10.8 Å². The molecule has 0 aromatic heterocycles. The first-order chi connectivity index (χ1) is 5.04. The summed E-state index contributed by atoms with van der Waals surface area (Å²) in [6.07, 6.45) is 0.604. The van der Waals surface area contributed by atoms with E-state index in [0.29, 0.717) is 6.42 Å². The summed E-state index contributed by atoms with van der Waals surface area (Å²) in [4.78, 5) is 10.6. The number of carboxylic acids is 1. The Kier molecular flexibility index (Phi) is 2.94. The molecule has 0 saturated heterocycles.